The molecule has 2 aromatic rings. The van der Waals surface area contributed by atoms with E-state index in [0.717, 1.165) is 11.4 Å². The van der Waals surface area contributed by atoms with Gasteiger partial charge in [-0.3, -0.25) is 0 Å². The summed E-state index contributed by atoms with van der Waals surface area (Å²) < 4.78 is 0. The van der Waals surface area contributed by atoms with E-state index < -0.39 is 0 Å². The summed E-state index contributed by atoms with van der Waals surface area (Å²) in [4.78, 5) is 5.78. The van der Waals surface area contributed by atoms with Gasteiger partial charge in [0.25, 0.3) is 0 Å². The summed E-state index contributed by atoms with van der Waals surface area (Å²) >= 11 is 1.78. The lowest BCUT2D eigenvalue weighted by Gasteiger charge is -2.04. The van der Waals surface area contributed by atoms with Crippen molar-refractivity contribution in [2.75, 3.05) is 6.54 Å². The molecule has 2 nitrogen and oxygen atoms in total. The third-order valence-corrected chi connectivity index (χ3v) is 4.53. The quantitative estimate of drug-likeness (QED) is 0.915. The van der Waals surface area contributed by atoms with Gasteiger partial charge in [0.15, 0.2) is 0 Å². The lowest BCUT2D eigenvalue weighted by molar-refractivity contribution is 0.766. The minimum atomic E-state index is 0.364. The first-order valence-corrected chi connectivity index (χ1v) is 7.12. The Morgan fingerprint density at radius 3 is 2.72 bits per heavy atom. The Morgan fingerprint density at radius 1 is 1.28 bits per heavy atom. The highest BCUT2D eigenvalue weighted by Gasteiger charge is 2.09. The number of hydrogen-bond acceptors (Lipinski definition) is 3. The lowest BCUT2D eigenvalue weighted by atomic mass is 10.0. The Balaban J connectivity index is 2.13. The smallest absolute Gasteiger partial charge is 0.0968 e. The van der Waals surface area contributed by atoms with E-state index in [0.29, 0.717) is 12.5 Å². The molecule has 0 bridgehead atoms. The van der Waals surface area contributed by atoms with Crippen LogP contribution >= 0.6 is 11.3 Å². The van der Waals surface area contributed by atoms with Gasteiger partial charge in [0, 0.05) is 30.0 Å². The molecular weight excluding hydrogens is 240 g/mol. The van der Waals surface area contributed by atoms with E-state index in [4.69, 9.17) is 5.73 Å². The molecule has 1 heterocycles. The number of aromatic nitrogens is 1. The fraction of sp³-hybridized carbons (Fsp3) is 0.400. The molecule has 0 saturated heterocycles. The Labute approximate surface area is 113 Å². The first-order chi connectivity index (χ1) is 8.60. The predicted molar refractivity (Wildman–Crippen MR) is 78.3 cm³/mol. The van der Waals surface area contributed by atoms with Crippen LogP contribution < -0.4 is 5.73 Å². The second kappa shape index (κ2) is 5.63. The molecule has 1 atom stereocenters. The molecule has 0 amide bonds. The summed E-state index contributed by atoms with van der Waals surface area (Å²) in [6.07, 6.45) is 2.96. The first-order valence-electron chi connectivity index (χ1n) is 6.31. The molecule has 1 aromatic carbocycles. The van der Waals surface area contributed by atoms with Crippen LogP contribution in [0.25, 0.3) is 0 Å². The van der Waals surface area contributed by atoms with Crippen LogP contribution in [0.3, 0.4) is 0 Å². The van der Waals surface area contributed by atoms with Gasteiger partial charge in [0.05, 0.1) is 5.01 Å². The van der Waals surface area contributed by atoms with Gasteiger partial charge in [-0.2, -0.15) is 0 Å². The highest BCUT2D eigenvalue weighted by molar-refractivity contribution is 7.11. The van der Waals surface area contributed by atoms with Crippen LogP contribution in [0.2, 0.25) is 0 Å². The van der Waals surface area contributed by atoms with Crippen LogP contribution in [0.4, 0.5) is 0 Å². The van der Waals surface area contributed by atoms with Crippen molar-refractivity contribution in [2.24, 2.45) is 5.73 Å². The van der Waals surface area contributed by atoms with E-state index in [1.807, 2.05) is 6.20 Å². The fourth-order valence-corrected chi connectivity index (χ4v) is 2.86. The molecule has 1 unspecified atom stereocenters. The second-order valence-electron chi connectivity index (χ2n) is 4.90. The molecular formula is C15H20N2S. The highest BCUT2D eigenvalue weighted by Crippen LogP contribution is 2.23. The summed E-state index contributed by atoms with van der Waals surface area (Å²) in [6, 6.07) is 6.66. The maximum absolute atomic E-state index is 5.67. The number of nitrogens with two attached hydrogens (primary N) is 1. The number of rotatable bonds is 4. The minimum absolute atomic E-state index is 0.364. The molecule has 0 aliphatic rings. The summed E-state index contributed by atoms with van der Waals surface area (Å²) in [7, 11) is 0. The molecule has 0 spiro atoms. The molecule has 18 heavy (non-hydrogen) atoms. The van der Waals surface area contributed by atoms with Gasteiger partial charge in [-0.05, 0) is 30.5 Å². The predicted octanol–water partition coefficient (Wildman–Crippen LogP) is 3.41. The zero-order valence-corrected chi connectivity index (χ0v) is 12.1. The Kier molecular flexibility index (Phi) is 4.15. The summed E-state index contributed by atoms with van der Waals surface area (Å²) in [5.74, 6) is 0.364. The van der Waals surface area contributed by atoms with E-state index in [1.165, 1.54) is 21.6 Å². The van der Waals surface area contributed by atoms with Gasteiger partial charge in [-0.25, -0.2) is 4.98 Å². The van der Waals surface area contributed by atoms with Crippen LogP contribution in [0.1, 0.15) is 39.4 Å². The zero-order valence-electron chi connectivity index (χ0n) is 11.2. The summed E-state index contributed by atoms with van der Waals surface area (Å²) in [5, 5.41) is 1.15. The van der Waals surface area contributed by atoms with Gasteiger partial charge in [-0.15, -0.1) is 11.3 Å². The van der Waals surface area contributed by atoms with E-state index in [2.05, 4.69) is 44.0 Å². The van der Waals surface area contributed by atoms with Crippen LogP contribution in [0.15, 0.2) is 24.4 Å². The van der Waals surface area contributed by atoms with Crippen molar-refractivity contribution in [3.8, 4) is 0 Å². The van der Waals surface area contributed by atoms with Crippen molar-refractivity contribution in [2.45, 2.75) is 33.1 Å². The van der Waals surface area contributed by atoms with Crippen LogP contribution in [0.5, 0.6) is 0 Å². The number of nitrogens with zero attached hydrogens (tertiary/aromatic N) is 1. The van der Waals surface area contributed by atoms with Crippen molar-refractivity contribution in [3.05, 3.63) is 51.0 Å². The average molecular weight is 260 g/mol. The van der Waals surface area contributed by atoms with Gasteiger partial charge < -0.3 is 5.73 Å². The fourth-order valence-electron chi connectivity index (χ4n) is 1.85. The number of thiazole rings is 1. The molecule has 3 heteroatoms. The van der Waals surface area contributed by atoms with E-state index in [-0.39, 0.29) is 0 Å². The van der Waals surface area contributed by atoms with Gasteiger partial charge in [0.2, 0.25) is 0 Å². The summed E-state index contributed by atoms with van der Waals surface area (Å²) in [6.45, 7) is 7.09. The normalized spacial score (nSPS) is 12.7. The van der Waals surface area contributed by atoms with E-state index in [9.17, 15) is 0 Å². The molecule has 2 N–H and O–H groups in total. The molecule has 2 rings (SSSR count). The maximum atomic E-state index is 5.67. The standard InChI is InChI=1S/C15H20N2S/c1-10-4-5-13(6-11(10)2)7-14-9-17-15(18-14)12(3)8-16/h4-6,9,12H,7-8,16H2,1-3H3. The largest absolute Gasteiger partial charge is 0.330 e. The Morgan fingerprint density at radius 2 is 2.06 bits per heavy atom. The molecule has 0 saturated carbocycles. The van der Waals surface area contributed by atoms with Gasteiger partial charge in [-0.1, -0.05) is 25.1 Å². The van der Waals surface area contributed by atoms with Gasteiger partial charge >= 0.3 is 0 Å². The van der Waals surface area contributed by atoms with Crippen molar-refractivity contribution in [3.63, 3.8) is 0 Å². The van der Waals surface area contributed by atoms with Gasteiger partial charge in [0.1, 0.15) is 0 Å². The number of aryl methyl sites for hydroxylation is 2. The Hall–Kier alpha value is -1.19. The first kappa shape index (κ1) is 13.2. The van der Waals surface area contributed by atoms with E-state index in [1.54, 1.807) is 11.3 Å². The topological polar surface area (TPSA) is 38.9 Å². The van der Waals surface area contributed by atoms with Crippen molar-refractivity contribution in [1.29, 1.82) is 0 Å². The average Bonchev–Trinajstić information content (AvgIpc) is 2.81. The van der Waals surface area contributed by atoms with Crippen molar-refractivity contribution in [1.82, 2.24) is 4.98 Å². The zero-order chi connectivity index (χ0) is 13.1. The SMILES string of the molecule is Cc1ccc(Cc2cnc(C(C)CN)s2)cc1C. The molecule has 1 aromatic heterocycles. The lowest BCUT2D eigenvalue weighted by Crippen LogP contribution is -2.08. The van der Waals surface area contributed by atoms with Crippen molar-refractivity contribution >= 4 is 11.3 Å². The second-order valence-corrected chi connectivity index (χ2v) is 6.04. The van der Waals surface area contributed by atoms with Crippen LogP contribution in [0, 0.1) is 13.8 Å². The van der Waals surface area contributed by atoms with Crippen molar-refractivity contribution < 1.29 is 0 Å². The molecule has 0 fully saturated rings. The maximum Gasteiger partial charge on any atom is 0.0968 e. The third-order valence-electron chi connectivity index (χ3n) is 3.30. The molecule has 0 aliphatic heterocycles. The monoisotopic (exact) mass is 260 g/mol. The number of benzene rings is 1. The molecule has 96 valence electrons. The molecule has 0 aliphatic carbocycles. The third kappa shape index (κ3) is 2.98. The number of hydrogen-bond donors (Lipinski definition) is 1. The van der Waals surface area contributed by atoms with Crippen LogP contribution in [-0.4, -0.2) is 11.5 Å². The van der Waals surface area contributed by atoms with Crippen LogP contribution in [-0.2, 0) is 6.42 Å². The van der Waals surface area contributed by atoms with E-state index >= 15 is 0 Å². The highest BCUT2D eigenvalue weighted by atomic mass is 32.1. The Bertz CT molecular complexity index is 531. The molecule has 0 radical (unpaired) electrons. The minimum Gasteiger partial charge on any atom is -0.330 e. The summed E-state index contributed by atoms with van der Waals surface area (Å²) in [5.41, 5.74) is 9.73.